The summed E-state index contributed by atoms with van der Waals surface area (Å²) >= 11 is 11.7. The molecule has 0 aromatic heterocycles. The summed E-state index contributed by atoms with van der Waals surface area (Å²) < 4.78 is 16.9. The summed E-state index contributed by atoms with van der Waals surface area (Å²) in [4.78, 5) is 0. The van der Waals surface area contributed by atoms with Gasteiger partial charge in [0.05, 0.1) is 5.03 Å². The number of hydrogen-bond acceptors (Lipinski definition) is 2. The van der Waals surface area contributed by atoms with Crippen molar-refractivity contribution in [1.82, 2.24) is 0 Å². The summed E-state index contributed by atoms with van der Waals surface area (Å²) in [7, 11) is 0. The van der Waals surface area contributed by atoms with E-state index in [9.17, 15) is 4.57 Å². The second-order valence-electron chi connectivity index (χ2n) is 3.64. The molecule has 1 spiro atoms. The van der Waals surface area contributed by atoms with Crippen LogP contribution in [0.5, 0.6) is 0 Å². The van der Waals surface area contributed by atoms with Gasteiger partial charge in [-0.2, -0.15) is 0 Å². The molecule has 0 aromatic carbocycles. The topological polar surface area (TPSA) is 26.3 Å². The Kier molecular flexibility index (Phi) is 2.53. The molecule has 1 aliphatic carbocycles. The molecular formula is C8H11Cl2O2P. The van der Waals surface area contributed by atoms with Gasteiger partial charge in [0, 0.05) is 5.82 Å². The van der Waals surface area contributed by atoms with Crippen LogP contribution in [0.3, 0.4) is 0 Å². The fourth-order valence-electron chi connectivity index (χ4n) is 2.01. The quantitative estimate of drug-likeness (QED) is 0.593. The third-order valence-electron chi connectivity index (χ3n) is 2.66. The maximum Gasteiger partial charge on any atom is 0.314 e. The Morgan fingerprint density at radius 2 is 2.00 bits per heavy atom. The van der Waals surface area contributed by atoms with Crippen LogP contribution in [-0.4, -0.2) is 5.60 Å². The lowest BCUT2D eigenvalue weighted by atomic mass is 9.85. The summed E-state index contributed by atoms with van der Waals surface area (Å²) in [6.07, 6.45) is 5.03. The largest absolute Gasteiger partial charge is 0.314 e. The Labute approximate surface area is 87.5 Å². The Balaban J connectivity index is 2.26. The molecule has 0 amide bonds. The molecule has 2 rings (SSSR count). The molecule has 1 atom stereocenters. The van der Waals surface area contributed by atoms with Gasteiger partial charge < -0.3 is 4.52 Å². The van der Waals surface area contributed by atoms with Crippen molar-refractivity contribution >= 4 is 29.6 Å². The number of halogens is 2. The van der Waals surface area contributed by atoms with Gasteiger partial charge in [-0.3, -0.25) is 4.57 Å². The molecule has 13 heavy (non-hydrogen) atoms. The molecule has 1 aliphatic heterocycles. The molecule has 0 N–H and O–H groups in total. The Hall–Kier alpha value is 0.510. The molecule has 1 heterocycles. The van der Waals surface area contributed by atoms with Gasteiger partial charge in [-0.1, -0.05) is 30.9 Å². The number of hydrogen-bond donors (Lipinski definition) is 0. The lowest BCUT2D eigenvalue weighted by Crippen LogP contribution is -2.31. The monoisotopic (exact) mass is 240 g/mol. The maximum absolute atomic E-state index is 11.5. The van der Waals surface area contributed by atoms with Crippen LogP contribution in [0.1, 0.15) is 32.1 Å². The van der Waals surface area contributed by atoms with Crippen molar-refractivity contribution in [3.8, 4) is 0 Å². The standard InChI is InChI=1S/C8H11Cl2O2P/c9-7-6-13(10,11)12-8(7)4-2-1-3-5-8/h6H,1-5H2. The van der Waals surface area contributed by atoms with Gasteiger partial charge in [-0.15, -0.1) is 0 Å². The van der Waals surface area contributed by atoms with Crippen molar-refractivity contribution in [2.24, 2.45) is 0 Å². The third-order valence-corrected chi connectivity index (χ3v) is 4.93. The molecular weight excluding hydrogens is 230 g/mol. The minimum Gasteiger partial charge on any atom is -0.302 e. The van der Waals surface area contributed by atoms with Crippen LogP contribution in [0, 0.1) is 0 Å². The molecule has 2 nitrogen and oxygen atoms in total. The summed E-state index contributed by atoms with van der Waals surface area (Å²) in [5.74, 6) is 1.39. The van der Waals surface area contributed by atoms with Crippen LogP contribution < -0.4 is 0 Å². The Morgan fingerprint density at radius 1 is 1.38 bits per heavy atom. The maximum atomic E-state index is 11.5. The second kappa shape index (κ2) is 3.27. The molecule has 5 heteroatoms. The summed E-state index contributed by atoms with van der Waals surface area (Å²) in [5.41, 5.74) is -0.503. The van der Waals surface area contributed by atoms with Crippen molar-refractivity contribution in [2.45, 2.75) is 37.7 Å². The third kappa shape index (κ3) is 1.83. The first-order chi connectivity index (χ1) is 6.04. The van der Waals surface area contributed by atoms with Crippen LogP contribution >= 0.6 is 29.6 Å². The zero-order chi connectivity index (χ0) is 9.53. The molecule has 74 valence electrons. The highest BCUT2D eigenvalue weighted by molar-refractivity contribution is 7.88. The van der Waals surface area contributed by atoms with Gasteiger partial charge in [-0.05, 0) is 24.1 Å². The van der Waals surface area contributed by atoms with Crippen molar-refractivity contribution in [3.63, 3.8) is 0 Å². The lowest BCUT2D eigenvalue weighted by molar-refractivity contribution is 0.0903. The van der Waals surface area contributed by atoms with Crippen LogP contribution in [0.4, 0.5) is 0 Å². The highest BCUT2D eigenvalue weighted by Gasteiger charge is 2.47. The lowest BCUT2D eigenvalue weighted by Gasteiger charge is -2.32. The van der Waals surface area contributed by atoms with Gasteiger partial charge in [0.1, 0.15) is 5.60 Å². The van der Waals surface area contributed by atoms with E-state index in [1.807, 2.05) is 0 Å². The average Bonchev–Trinajstić information content (AvgIpc) is 2.23. The van der Waals surface area contributed by atoms with Gasteiger partial charge in [-0.25, -0.2) is 0 Å². The first kappa shape index (κ1) is 10.0. The molecule has 1 fully saturated rings. The Morgan fingerprint density at radius 3 is 2.46 bits per heavy atom. The van der Waals surface area contributed by atoms with Gasteiger partial charge in [0.15, 0.2) is 0 Å². The van der Waals surface area contributed by atoms with E-state index in [1.54, 1.807) is 0 Å². The summed E-state index contributed by atoms with van der Waals surface area (Å²) in [6, 6.07) is 0. The molecule has 0 aromatic rings. The average molecular weight is 241 g/mol. The predicted molar refractivity (Wildman–Crippen MR) is 54.3 cm³/mol. The van der Waals surface area contributed by atoms with E-state index in [2.05, 4.69) is 0 Å². The fraction of sp³-hybridized carbons (Fsp3) is 0.750. The van der Waals surface area contributed by atoms with Gasteiger partial charge >= 0.3 is 6.72 Å². The second-order valence-corrected chi connectivity index (χ2v) is 6.95. The van der Waals surface area contributed by atoms with Crippen molar-refractivity contribution in [2.75, 3.05) is 0 Å². The van der Waals surface area contributed by atoms with E-state index in [0.717, 1.165) is 25.7 Å². The number of rotatable bonds is 0. The van der Waals surface area contributed by atoms with Crippen molar-refractivity contribution < 1.29 is 9.09 Å². The molecule has 0 saturated heterocycles. The minimum atomic E-state index is -3.05. The highest BCUT2D eigenvalue weighted by Crippen LogP contribution is 2.67. The summed E-state index contributed by atoms with van der Waals surface area (Å²) in [5, 5.41) is 0.547. The van der Waals surface area contributed by atoms with E-state index in [1.165, 1.54) is 12.2 Å². The van der Waals surface area contributed by atoms with E-state index in [4.69, 9.17) is 27.4 Å². The zero-order valence-electron chi connectivity index (χ0n) is 7.13. The predicted octanol–water partition coefficient (Wildman–Crippen LogP) is 4.23. The highest BCUT2D eigenvalue weighted by atomic mass is 35.7. The van der Waals surface area contributed by atoms with Gasteiger partial charge in [0.25, 0.3) is 0 Å². The Bertz CT molecular complexity index is 295. The summed E-state index contributed by atoms with van der Waals surface area (Å²) in [6.45, 7) is -3.05. The smallest absolute Gasteiger partial charge is 0.302 e. The van der Waals surface area contributed by atoms with E-state index in [-0.39, 0.29) is 0 Å². The first-order valence-corrected chi connectivity index (χ1v) is 7.41. The van der Waals surface area contributed by atoms with E-state index >= 15 is 0 Å². The molecule has 0 radical (unpaired) electrons. The molecule has 2 aliphatic rings. The SMILES string of the molecule is O=P1(Cl)C=C(Cl)C2(CCCCC2)O1. The van der Waals surface area contributed by atoms with Crippen molar-refractivity contribution in [3.05, 3.63) is 10.8 Å². The molecule has 0 bridgehead atoms. The normalized spacial score (nSPS) is 37.8. The van der Waals surface area contributed by atoms with Crippen LogP contribution in [0.25, 0.3) is 0 Å². The van der Waals surface area contributed by atoms with E-state index < -0.39 is 12.3 Å². The zero-order valence-corrected chi connectivity index (χ0v) is 9.54. The first-order valence-electron chi connectivity index (χ1n) is 4.43. The molecule has 1 unspecified atom stereocenters. The van der Waals surface area contributed by atoms with Crippen molar-refractivity contribution in [1.29, 1.82) is 0 Å². The fourth-order valence-corrected chi connectivity index (χ4v) is 4.84. The van der Waals surface area contributed by atoms with Crippen LogP contribution in [0.15, 0.2) is 10.8 Å². The van der Waals surface area contributed by atoms with E-state index in [0.29, 0.717) is 5.03 Å². The van der Waals surface area contributed by atoms with Crippen LogP contribution in [0.2, 0.25) is 0 Å². The van der Waals surface area contributed by atoms with Gasteiger partial charge in [0.2, 0.25) is 0 Å². The minimum absolute atomic E-state index is 0.503. The molecule has 1 saturated carbocycles. The van der Waals surface area contributed by atoms with Crippen LogP contribution in [-0.2, 0) is 9.09 Å².